The molecule has 2 aliphatic rings. The summed E-state index contributed by atoms with van der Waals surface area (Å²) in [5, 5.41) is 11.2. The van der Waals surface area contributed by atoms with Crippen LogP contribution in [0, 0.1) is 10.1 Å². The van der Waals surface area contributed by atoms with Crippen LogP contribution in [0.4, 0.5) is 5.69 Å². The lowest BCUT2D eigenvalue weighted by molar-refractivity contribution is -0.385. The van der Waals surface area contributed by atoms with E-state index in [1.54, 1.807) is 12.1 Å². The second-order valence-electron chi connectivity index (χ2n) is 6.59. The van der Waals surface area contributed by atoms with Crippen LogP contribution in [-0.4, -0.2) is 29.7 Å². The van der Waals surface area contributed by atoms with Crippen molar-refractivity contribution in [2.45, 2.75) is 25.5 Å². The maximum Gasteiger partial charge on any atom is 0.270 e. The molecule has 0 spiro atoms. The van der Waals surface area contributed by atoms with Gasteiger partial charge < -0.3 is 9.47 Å². The number of nitro groups is 1. The lowest BCUT2D eigenvalue weighted by atomic mass is 9.99. The molecule has 1 atom stereocenters. The minimum absolute atomic E-state index is 0.0988. The Balaban J connectivity index is 1.55. The molecule has 0 N–H and O–H groups in total. The lowest BCUT2D eigenvalue weighted by Crippen LogP contribution is -2.22. The molecule has 0 radical (unpaired) electrons. The van der Waals surface area contributed by atoms with Gasteiger partial charge in [-0.2, -0.15) is 0 Å². The topological polar surface area (TPSA) is 64.8 Å². The van der Waals surface area contributed by atoms with Gasteiger partial charge in [-0.05, 0) is 24.4 Å². The maximum atomic E-state index is 11.2. The molecular weight excluding hydrogens is 320 g/mol. The maximum absolute atomic E-state index is 11.2. The van der Waals surface area contributed by atoms with Crippen molar-refractivity contribution in [3.05, 3.63) is 69.3 Å². The van der Waals surface area contributed by atoms with E-state index in [-0.39, 0.29) is 17.4 Å². The normalized spacial score (nSPS) is 20.1. The molecule has 6 nitrogen and oxygen atoms in total. The highest BCUT2D eigenvalue weighted by Gasteiger charge is 2.27. The zero-order chi connectivity index (χ0) is 17.2. The summed E-state index contributed by atoms with van der Waals surface area (Å²) < 4.78 is 10.9. The van der Waals surface area contributed by atoms with Gasteiger partial charge in [0.2, 0.25) is 0 Å². The van der Waals surface area contributed by atoms with Gasteiger partial charge in [0.05, 0.1) is 11.5 Å². The molecule has 0 saturated carbocycles. The van der Waals surface area contributed by atoms with Crippen LogP contribution in [0.2, 0.25) is 0 Å². The van der Waals surface area contributed by atoms with E-state index in [0.717, 1.165) is 36.4 Å². The largest absolute Gasteiger partial charge is 0.467 e. The molecule has 4 rings (SSSR count). The average molecular weight is 340 g/mol. The van der Waals surface area contributed by atoms with Crippen molar-refractivity contribution in [3.63, 3.8) is 0 Å². The van der Waals surface area contributed by atoms with E-state index in [2.05, 4.69) is 29.2 Å². The molecule has 25 heavy (non-hydrogen) atoms. The van der Waals surface area contributed by atoms with Gasteiger partial charge in [0, 0.05) is 36.3 Å². The molecule has 1 fully saturated rings. The summed E-state index contributed by atoms with van der Waals surface area (Å²) in [4.78, 5) is 13.2. The van der Waals surface area contributed by atoms with Crippen molar-refractivity contribution in [2.24, 2.45) is 0 Å². The van der Waals surface area contributed by atoms with Crippen LogP contribution in [0.1, 0.15) is 29.0 Å². The van der Waals surface area contributed by atoms with Gasteiger partial charge in [0.15, 0.2) is 6.79 Å². The smallest absolute Gasteiger partial charge is 0.270 e. The Bertz CT molecular complexity index is 778. The predicted molar refractivity (Wildman–Crippen MR) is 92.5 cm³/mol. The number of ether oxygens (including phenoxy) is 2. The first-order valence-electron chi connectivity index (χ1n) is 8.49. The lowest BCUT2D eigenvalue weighted by Gasteiger charge is -2.23. The van der Waals surface area contributed by atoms with E-state index in [9.17, 15) is 10.1 Å². The molecule has 0 aromatic heterocycles. The molecule has 0 aliphatic carbocycles. The molecule has 1 unspecified atom stereocenters. The van der Waals surface area contributed by atoms with Crippen LogP contribution in [-0.2, 0) is 17.9 Å². The van der Waals surface area contributed by atoms with Crippen LogP contribution >= 0.6 is 0 Å². The Labute approximate surface area is 146 Å². The number of benzene rings is 2. The van der Waals surface area contributed by atoms with Crippen molar-refractivity contribution in [1.29, 1.82) is 0 Å². The number of likely N-dealkylation sites (tertiary alicyclic amines) is 1. The zero-order valence-electron chi connectivity index (χ0n) is 13.9. The highest BCUT2D eigenvalue weighted by molar-refractivity contribution is 5.50. The number of fused-ring (bicyclic) bond motifs is 1. The zero-order valence-corrected chi connectivity index (χ0v) is 13.9. The van der Waals surface area contributed by atoms with Crippen LogP contribution in [0.15, 0.2) is 42.5 Å². The number of nitro benzene ring substituents is 1. The molecule has 0 bridgehead atoms. The number of hydrogen-bond acceptors (Lipinski definition) is 5. The van der Waals surface area contributed by atoms with Crippen molar-refractivity contribution >= 4 is 5.69 Å². The summed E-state index contributed by atoms with van der Waals surface area (Å²) in [5.41, 5.74) is 3.09. The molecule has 2 heterocycles. The summed E-state index contributed by atoms with van der Waals surface area (Å²) in [7, 11) is 0. The molecule has 130 valence electrons. The minimum Gasteiger partial charge on any atom is -0.467 e. The van der Waals surface area contributed by atoms with Crippen LogP contribution in [0.5, 0.6) is 5.75 Å². The summed E-state index contributed by atoms with van der Waals surface area (Å²) in [6.07, 6.45) is 1.10. The molecule has 1 saturated heterocycles. The third-order valence-corrected chi connectivity index (χ3v) is 4.92. The van der Waals surface area contributed by atoms with Crippen molar-refractivity contribution in [2.75, 3.05) is 19.9 Å². The third-order valence-electron chi connectivity index (χ3n) is 4.92. The van der Waals surface area contributed by atoms with Gasteiger partial charge in [0.1, 0.15) is 5.75 Å². The fourth-order valence-corrected chi connectivity index (χ4v) is 3.72. The molecule has 2 aromatic carbocycles. The molecule has 2 aliphatic heterocycles. The Morgan fingerprint density at radius 2 is 2.08 bits per heavy atom. The number of non-ortho nitro benzene ring substituents is 1. The van der Waals surface area contributed by atoms with E-state index in [1.807, 2.05) is 6.07 Å². The van der Waals surface area contributed by atoms with Crippen molar-refractivity contribution in [3.8, 4) is 5.75 Å². The summed E-state index contributed by atoms with van der Waals surface area (Å²) in [6.45, 7) is 3.15. The Morgan fingerprint density at radius 1 is 1.24 bits per heavy atom. The summed E-state index contributed by atoms with van der Waals surface area (Å²) >= 11 is 0. The van der Waals surface area contributed by atoms with E-state index in [0.29, 0.717) is 19.1 Å². The molecule has 0 amide bonds. The van der Waals surface area contributed by atoms with Crippen molar-refractivity contribution < 1.29 is 14.4 Å². The Hall–Kier alpha value is -2.44. The SMILES string of the molecule is O=[N+]([O-])c1cc2c(c(CN3CCC(c4ccccc4)C3)c1)OCOC2. The first-order chi connectivity index (χ1) is 12.2. The van der Waals surface area contributed by atoms with Crippen molar-refractivity contribution in [1.82, 2.24) is 4.90 Å². The highest BCUT2D eigenvalue weighted by atomic mass is 16.7. The number of rotatable bonds is 4. The molecule has 2 aromatic rings. The standard InChI is InChI=1S/C19H20N2O4/c22-21(23)18-8-16(19-17(9-18)12-24-13-25-19)11-20-7-6-15(10-20)14-4-2-1-3-5-14/h1-5,8-9,15H,6-7,10-13H2. The van der Waals surface area contributed by atoms with E-state index < -0.39 is 0 Å². The molecule has 6 heteroatoms. The number of nitrogens with zero attached hydrogens (tertiary/aromatic N) is 2. The Morgan fingerprint density at radius 3 is 2.88 bits per heavy atom. The third kappa shape index (κ3) is 3.36. The Kier molecular flexibility index (Phi) is 4.38. The monoisotopic (exact) mass is 340 g/mol. The average Bonchev–Trinajstić information content (AvgIpc) is 3.11. The van der Waals surface area contributed by atoms with Gasteiger partial charge in [-0.1, -0.05) is 30.3 Å². The fraction of sp³-hybridized carbons (Fsp3) is 0.368. The van der Waals surface area contributed by atoms with Crippen LogP contribution in [0.25, 0.3) is 0 Å². The van der Waals surface area contributed by atoms with E-state index in [1.165, 1.54) is 5.56 Å². The van der Waals surface area contributed by atoms with E-state index >= 15 is 0 Å². The van der Waals surface area contributed by atoms with Gasteiger partial charge in [-0.3, -0.25) is 15.0 Å². The first-order valence-corrected chi connectivity index (χ1v) is 8.49. The van der Waals surface area contributed by atoms with Gasteiger partial charge in [0.25, 0.3) is 5.69 Å². The second-order valence-corrected chi connectivity index (χ2v) is 6.59. The van der Waals surface area contributed by atoms with Gasteiger partial charge >= 0.3 is 0 Å². The molecular formula is C19H20N2O4. The van der Waals surface area contributed by atoms with Crippen LogP contribution < -0.4 is 4.74 Å². The first kappa shape index (κ1) is 16.1. The summed E-state index contributed by atoms with van der Waals surface area (Å²) in [6, 6.07) is 13.7. The quantitative estimate of drug-likeness (QED) is 0.630. The van der Waals surface area contributed by atoms with Gasteiger partial charge in [-0.25, -0.2) is 0 Å². The minimum atomic E-state index is -0.352. The number of hydrogen-bond donors (Lipinski definition) is 0. The fourth-order valence-electron chi connectivity index (χ4n) is 3.72. The predicted octanol–water partition coefficient (Wildman–Crippen LogP) is 3.45. The summed E-state index contributed by atoms with van der Waals surface area (Å²) in [5.74, 6) is 1.26. The van der Waals surface area contributed by atoms with Crippen LogP contribution in [0.3, 0.4) is 0 Å². The van der Waals surface area contributed by atoms with E-state index in [4.69, 9.17) is 9.47 Å². The highest BCUT2D eigenvalue weighted by Crippen LogP contribution is 2.35. The van der Waals surface area contributed by atoms with Gasteiger partial charge in [-0.15, -0.1) is 0 Å². The second kappa shape index (κ2) is 6.82.